The van der Waals surface area contributed by atoms with Crippen molar-refractivity contribution in [2.75, 3.05) is 13.1 Å². The van der Waals surface area contributed by atoms with E-state index in [0.29, 0.717) is 5.78 Å². The molecule has 80 valence electrons. The van der Waals surface area contributed by atoms with E-state index in [1.807, 2.05) is 13.8 Å². The van der Waals surface area contributed by atoms with Crippen LogP contribution in [0.3, 0.4) is 0 Å². The molecule has 0 bridgehead atoms. The molecule has 0 spiro atoms. The summed E-state index contributed by atoms with van der Waals surface area (Å²) in [5.74, 6) is 0.622. The van der Waals surface area contributed by atoms with E-state index in [-0.39, 0.29) is 7.34 Å². The second kappa shape index (κ2) is 8.24. The van der Waals surface area contributed by atoms with Crippen molar-refractivity contribution in [3.05, 3.63) is 0 Å². The average Bonchev–Trinajstić information content (AvgIpc) is 2.10. The van der Waals surface area contributed by atoms with Gasteiger partial charge in [0.15, 0.2) is 0 Å². The summed E-state index contributed by atoms with van der Waals surface area (Å²) in [5, 5.41) is 3.27. The number of unbranched alkanes of at least 4 members (excludes halogenated alkanes) is 2. The normalized spacial score (nSPS) is 10.8. The van der Waals surface area contributed by atoms with Gasteiger partial charge in [-0.1, -0.05) is 27.2 Å². The molecule has 0 aliphatic rings. The first-order chi connectivity index (χ1) is 6.18. The summed E-state index contributed by atoms with van der Waals surface area (Å²) in [5.41, 5.74) is 0. The fraction of sp³-hybridized carbons (Fsp3) is 0.909. The largest absolute Gasteiger partial charge is 0.317 e. The van der Waals surface area contributed by atoms with Gasteiger partial charge in [0.2, 0.25) is 0 Å². The maximum Gasteiger partial charge on any atom is 0.135 e. The summed E-state index contributed by atoms with van der Waals surface area (Å²) in [6, 6.07) is 0. The van der Waals surface area contributed by atoms with Crippen LogP contribution in [0.15, 0.2) is 0 Å². The van der Waals surface area contributed by atoms with Crippen LogP contribution in [-0.4, -0.2) is 18.9 Å². The first kappa shape index (κ1) is 12.6. The minimum Gasteiger partial charge on any atom is -0.317 e. The van der Waals surface area contributed by atoms with Crippen molar-refractivity contribution in [3.8, 4) is 0 Å². The number of ketones is 1. The molecule has 0 radical (unpaired) electrons. The minimum atomic E-state index is 0. The lowest BCUT2D eigenvalue weighted by atomic mass is 10.0. The van der Waals surface area contributed by atoms with Crippen LogP contribution in [0.1, 0.15) is 47.9 Å². The van der Waals surface area contributed by atoms with Crippen LogP contribution in [0.4, 0.5) is 0 Å². The first-order valence-corrected chi connectivity index (χ1v) is 5.42. The zero-order chi connectivity index (χ0) is 10.1. The van der Waals surface area contributed by atoms with E-state index >= 15 is 0 Å². The fourth-order valence-corrected chi connectivity index (χ4v) is 1.19. The van der Waals surface area contributed by atoms with E-state index in [9.17, 15) is 4.79 Å². The second-order valence-electron chi connectivity index (χ2n) is 3.79. The number of hydrogen-bond donors (Lipinski definition) is 1. The molecule has 0 fully saturated rings. The van der Waals surface area contributed by atoms with Crippen molar-refractivity contribution in [1.82, 2.24) is 5.32 Å². The summed E-state index contributed by atoms with van der Waals surface area (Å²) in [4.78, 5) is 11.2. The Morgan fingerprint density at radius 3 is 2.54 bits per heavy atom. The summed E-state index contributed by atoms with van der Waals surface area (Å²) < 4.78 is 0. The van der Waals surface area contributed by atoms with E-state index in [2.05, 4.69) is 12.2 Å². The Morgan fingerprint density at radius 1 is 1.31 bits per heavy atom. The zero-order valence-electron chi connectivity index (χ0n) is 9.23. The maximum absolute atomic E-state index is 11.2. The molecular weight excluding hydrogens is 162 g/mol. The van der Waals surface area contributed by atoms with Gasteiger partial charge in [0.25, 0.3) is 0 Å². The number of rotatable bonds is 8. The first-order valence-electron chi connectivity index (χ1n) is 5.42. The van der Waals surface area contributed by atoms with Crippen LogP contribution in [0.25, 0.3) is 0 Å². The highest BCUT2D eigenvalue weighted by atomic mass is 16.1. The molecule has 0 aliphatic heterocycles. The van der Waals surface area contributed by atoms with Gasteiger partial charge in [-0.25, -0.2) is 0 Å². The quantitative estimate of drug-likeness (QED) is 0.592. The smallest absolute Gasteiger partial charge is 0.135 e. The molecule has 0 saturated heterocycles. The van der Waals surface area contributed by atoms with Gasteiger partial charge in [-0.3, -0.25) is 4.79 Å². The molecule has 0 aromatic rings. The highest BCUT2D eigenvalue weighted by Gasteiger charge is 2.05. The number of carbonyl (C=O) groups is 1. The average molecular weight is 187 g/mol. The van der Waals surface area contributed by atoms with Crippen LogP contribution < -0.4 is 5.32 Å². The lowest BCUT2D eigenvalue weighted by Crippen LogP contribution is -2.14. The number of carbonyl (C=O) groups excluding carboxylic acids is 1. The van der Waals surface area contributed by atoms with Crippen molar-refractivity contribution >= 4 is 5.78 Å². The number of hydrogen-bond acceptors (Lipinski definition) is 2. The van der Waals surface area contributed by atoms with Crippen molar-refractivity contribution in [3.63, 3.8) is 0 Å². The lowest BCUT2D eigenvalue weighted by Gasteiger charge is -2.04. The molecule has 0 saturated carbocycles. The third-order valence-electron chi connectivity index (χ3n) is 2.17. The molecule has 0 atom stereocenters. The maximum atomic E-state index is 11.2. The molecule has 0 aromatic carbocycles. The summed E-state index contributed by atoms with van der Waals surface area (Å²) in [6.07, 6.45) is 4.19. The van der Waals surface area contributed by atoms with E-state index in [4.69, 9.17) is 0 Å². The van der Waals surface area contributed by atoms with Crippen molar-refractivity contribution in [1.29, 1.82) is 0 Å². The highest BCUT2D eigenvalue weighted by molar-refractivity contribution is 5.80. The van der Waals surface area contributed by atoms with Crippen LogP contribution in [0.2, 0.25) is 0 Å². The molecule has 0 rings (SSSR count). The minimum absolute atomic E-state index is 0. The third-order valence-corrected chi connectivity index (χ3v) is 2.17. The lowest BCUT2D eigenvalue weighted by molar-refractivity contribution is -0.122. The van der Waals surface area contributed by atoms with E-state index in [1.54, 1.807) is 0 Å². The van der Waals surface area contributed by atoms with E-state index < -0.39 is 0 Å². The SMILES string of the molecule is CCNCCCCCC(=O)C(C)C.[HH]. The van der Waals surface area contributed by atoms with Gasteiger partial charge in [-0.15, -0.1) is 0 Å². The van der Waals surface area contributed by atoms with Gasteiger partial charge in [-0.05, 0) is 25.9 Å². The Balaban J connectivity index is 0. The fourth-order valence-electron chi connectivity index (χ4n) is 1.19. The Hall–Kier alpha value is -0.370. The summed E-state index contributed by atoms with van der Waals surface area (Å²) in [6.45, 7) is 8.20. The number of Topliss-reactive ketones (excluding diaryl/α,β-unsaturated/α-hetero) is 1. The Kier molecular flexibility index (Phi) is 8.00. The molecule has 0 unspecified atom stereocenters. The van der Waals surface area contributed by atoms with Crippen LogP contribution in [0, 0.1) is 5.92 Å². The topological polar surface area (TPSA) is 29.1 Å². The van der Waals surface area contributed by atoms with Gasteiger partial charge in [0.1, 0.15) is 5.78 Å². The second-order valence-corrected chi connectivity index (χ2v) is 3.79. The predicted molar refractivity (Wildman–Crippen MR) is 59.0 cm³/mol. The third kappa shape index (κ3) is 7.97. The van der Waals surface area contributed by atoms with Crippen molar-refractivity contribution < 1.29 is 6.22 Å². The highest BCUT2D eigenvalue weighted by Crippen LogP contribution is 2.05. The Labute approximate surface area is 83.6 Å². The van der Waals surface area contributed by atoms with Gasteiger partial charge in [-0.2, -0.15) is 0 Å². The molecule has 0 aliphatic carbocycles. The Bertz CT molecular complexity index is 137. The van der Waals surface area contributed by atoms with Gasteiger partial charge < -0.3 is 5.32 Å². The molecule has 2 nitrogen and oxygen atoms in total. The van der Waals surface area contributed by atoms with Gasteiger partial charge in [0, 0.05) is 13.8 Å². The van der Waals surface area contributed by atoms with Crippen LogP contribution in [-0.2, 0) is 4.79 Å². The summed E-state index contributed by atoms with van der Waals surface area (Å²) >= 11 is 0. The standard InChI is InChI=1S/C11H23NO.H2/c1-4-12-9-7-5-6-8-11(13)10(2)3;/h10,12H,4-9H2,1-3H3;1H. The monoisotopic (exact) mass is 187 g/mol. The Morgan fingerprint density at radius 2 is 2.00 bits per heavy atom. The molecule has 13 heavy (non-hydrogen) atoms. The van der Waals surface area contributed by atoms with E-state index in [1.165, 1.54) is 12.8 Å². The van der Waals surface area contributed by atoms with E-state index in [0.717, 1.165) is 25.9 Å². The molecule has 1 N–H and O–H groups in total. The van der Waals surface area contributed by atoms with Crippen LogP contribution >= 0.6 is 0 Å². The molecule has 0 amide bonds. The molecule has 0 heterocycles. The predicted octanol–water partition coefficient (Wildman–Crippen LogP) is 2.63. The molecule has 0 aromatic heterocycles. The van der Waals surface area contributed by atoms with Gasteiger partial charge >= 0.3 is 0 Å². The zero-order valence-corrected chi connectivity index (χ0v) is 9.23. The molecule has 2 heteroatoms. The molecular formula is C11H25NO. The van der Waals surface area contributed by atoms with Crippen molar-refractivity contribution in [2.24, 2.45) is 5.92 Å². The summed E-state index contributed by atoms with van der Waals surface area (Å²) in [7, 11) is 0. The van der Waals surface area contributed by atoms with Gasteiger partial charge in [0.05, 0.1) is 0 Å². The van der Waals surface area contributed by atoms with Crippen LogP contribution in [0.5, 0.6) is 0 Å². The van der Waals surface area contributed by atoms with Crippen molar-refractivity contribution in [2.45, 2.75) is 46.5 Å². The number of nitrogens with one attached hydrogen (secondary N) is 1.